The van der Waals surface area contributed by atoms with Crippen molar-refractivity contribution >= 4 is 28.5 Å². The molecule has 0 saturated carbocycles. The maximum Gasteiger partial charge on any atom is 0.246 e. The van der Waals surface area contributed by atoms with Gasteiger partial charge in [0.15, 0.2) is 0 Å². The van der Waals surface area contributed by atoms with Crippen molar-refractivity contribution in [2.45, 2.75) is 50.7 Å². The molecule has 0 radical (unpaired) electrons. The Bertz CT molecular complexity index is 1380. The number of rotatable bonds is 9. The van der Waals surface area contributed by atoms with Crippen LogP contribution in [-0.2, 0) is 27.2 Å². The van der Waals surface area contributed by atoms with Gasteiger partial charge >= 0.3 is 0 Å². The predicted octanol–water partition coefficient (Wildman–Crippen LogP) is 3.80. The largest absolute Gasteiger partial charge is 0.342 e. The fraction of sp³-hybridized carbons (Fsp3) is 0.364. The van der Waals surface area contributed by atoms with Gasteiger partial charge in [-0.15, -0.1) is 0 Å². The Morgan fingerprint density at radius 2 is 1.68 bits per heavy atom. The summed E-state index contributed by atoms with van der Waals surface area (Å²) in [5, 5.41) is 2.18. The third kappa shape index (κ3) is 7.16. The number of likely N-dealkylation sites (N-methyl/N-ethyl adjacent to an activating group) is 2. The molecule has 1 fully saturated rings. The second-order valence-electron chi connectivity index (χ2n) is 11.4. The highest BCUT2D eigenvalue weighted by molar-refractivity contribution is 5.95. The molecule has 1 heterocycles. The average molecular weight is 541 g/mol. The second kappa shape index (κ2) is 12.5. The molecule has 4 rings (SSSR count). The van der Waals surface area contributed by atoms with Crippen molar-refractivity contribution in [1.82, 2.24) is 14.7 Å². The lowest BCUT2D eigenvalue weighted by molar-refractivity contribution is -0.154. The fourth-order valence-corrected chi connectivity index (χ4v) is 5.12. The molecule has 0 bridgehead atoms. The van der Waals surface area contributed by atoms with Gasteiger partial charge in [0.2, 0.25) is 17.7 Å². The first-order valence-electron chi connectivity index (χ1n) is 13.8. The van der Waals surface area contributed by atoms with Gasteiger partial charge < -0.3 is 20.4 Å². The Kier molecular flexibility index (Phi) is 9.05. The number of carbonyl (C=O) groups is 3. The molecule has 7 nitrogen and oxygen atoms in total. The highest BCUT2D eigenvalue weighted by atomic mass is 16.2. The first-order valence-corrected chi connectivity index (χ1v) is 13.8. The van der Waals surface area contributed by atoms with E-state index in [0.29, 0.717) is 32.4 Å². The third-order valence-corrected chi connectivity index (χ3v) is 7.52. The molecular formula is C33H40N4O3. The van der Waals surface area contributed by atoms with E-state index >= 15 is 0 Å². The van der Waals surface area contributed by atoms with Crippen molar-refractivity contribution in [2.75, 3.05) is 27.2 Å². The quantitative estimate of drug-likeness (QED) is 0.418. The van der Waals surface area contributed by atoms with Crippen molar-refractivity contribution in [3.05, 3.63) is 96.1 Å². The van der Waals surface area contributed by atoms with E-state index in [1.165, 1.54) is 11.0 Å². The lowest BCUT2D eigenvalue weighted by Crippen LogP contribution is -2.62. The van der Waals surface area contributed by atoms with E-state index in [4.69, 9.17) is 5.73 Å². The second-order valence-corrected chi connectivity index (χ2v) is 11.4. The van der Waals surface area contributed by atoms with Crippen LogP contribution in [0.15, 0.2) is 84.9 Å². The van der Waals surface area contributed by atoms with Gasteiger partial charge in [0, 0.05) is 45.6 Å². The minimum Gasteiger partial charge on any atom is -0.342 e. The normalized spacial score (nSPS) is 16.9. The van der Waals surface area contributed by atoms with Gasteiger partial charge in [0.1, 0.15) is 12.1 Å². The summed E-state index contributed by atoms with van der Waals surface area (Å²) in [7, 11) is 3.43. The van der Waals surface area contributed by atoms with Crippen LogP contribution in [0.4, 0.5) is 0 Å². The van der Waals surface area contributed by atoms with Gasteiger partial charge in [0.25, 0.3) is 0 Å². The molecular weight excluding hydrogens is 500 g/mol. The fourth-order valence-electron chi connectivity index (χ4n) is 5.12. The van der Waals surface area contributed by atoms with Gasteiger partial charge in [-0.1, -0.05) is 78.9 Å². The summed E-state index contributed by atoms with van der Waals surface area (Å²) in [4.78, 5) is 45.8. The number of carbonyl (C=O) groups excluding carboxylic acids is 3. The molecule has 0 spiro atoms. The van der Waals surface area contributed by atoms with Crippen LogP contribution in [-0.4, -0.2) is 77.2 Å². The summed E-state index contributed by atoms with van der Waals surface area (Å²) in [5.74, 6) is -0.589. The molecule has 1 aliphatic heterocycles. The Hall–Kier alpha value is -3.97. The number of amides is 3. The summed E-state index contributed by atoms with van der Waals surface area (Å²) >= 11 is 0. The molecule has 1 saturated heterocycles. The van der Waals surface area contributed by atoms with E-state index in [2.05, 4.69) is 6.07 Å². The summed E-state index contributed by atoms with van der Waals surface area (Å²) in [6.07, 6.45) is 4.53. The predicted molar refractivity (Wildman–Crippen MR) is 160 cm³/mol. The summed E-state index contributed by atoms with van der Waals surface area (Å²) < 4.78 is 0. The minimum atomic E-state index is -0.779. The van der Waals surface area contributed by atoms with Crippen molar-refractivity contribution in [3.63, 3.8) is 0 Å². The highest BCUT2D eigenvalue weighted by Crippen LogP contribution is 2.22. The number of benzene rings is 3. The van der Waals surface area contributed by atoms with E-state index in [0.717, 1.165) is 21.9 Å². The standard InChI is InChI=1S/C33H40N4O3/c1-33(2,34)18-10-15-30(38)36(4)28(23-25-16-17-26-13-8-9-14-27(26)21-25)32(40)37-20-19-35(3)31(39)29(37)22-24-11-6-5-7-12-24/h5-17,21,28-29H,18-20,22-23,34H2,1-4H3/b15-10+/t28-,29-/m1/s1. The van der Waals surface area contributed by atoms with Crippen LogP contribution in [0.25, 0.3) is 10.8 Å². The van der Waals surface area contributed by atoms with E-state index in [1.54, 1.807) is 30.0 Å². The monoisotopic (exact) mass is 540 g/mol. The van der Waals surface area contributed by atoms with Gasteiger partial charge in [0.05, 0.1) is 0 Å². The smallest absolute Gasteiger partial charge is 0.246 e. The van der Waals surface area contributed by atoms with Crippen LogP contribution >= 0.6 is 0 Å². The third-order valence-electron chi connectivity index (χ3n) is 7.52. The minimum absolute atomic E-state index is 0.0908. The van der Waals surface area contributed by atoms with Crippen molar-refractivity contribution in [1.29, 1.82) is 0 Å². The maximum absolute atomic E-state index is 14.3. The van der Waals surface area contributed by atoms with Crippen LogP contribution in [0.3, 0.4) is 0 Å². The van der Waals surface area contributed by atoms with Crippen LogP contribution < -0.4 is 5.73 Å². The van der Waals surface area contributed by atoms with Crippen LogP contribution in [0.2, 0.25) is 0 Å². The highest BCUT2D eigenvalue weighted by Gasteiger charge is 2.40. The zero-order valence-electron chi connectivity index (χ0n) is 23.9. The summed E-state index contributed by atoms with van der Waals surface area (Å²) in [5.41, 5.74) is 7.57. The Morgan fingerprint density at radius 1 is 1.00 bits per heavy atom. The summed E-state index contributed by atoms with van der Waals surface area (Å²) in [6, 6.07) is 22.5. The van der Waals surface area contributed by atoms with Gasteiger partial charge in [-0.25, -0.2) is 0 Å². The summed E-state index contributed by atoms with van der Waals surface area (Å²) in [6.45, 7) is 4.65. The maximum atomic E-state index is 14.3. The van der Waals surface area contributed by atoms with Crippen LogP contribution in [0.5, 0.6) is 0 Å². The topological polar surface area (TPSA) is 86.9 Å². The van der Waals surface area contributed by atoms with E-state index in [1.807, 2.05) is 80.6 Å². The van der Waals surface area contributed by atoms with E-state index in [-0.39, 0.29) is 17.7 Å². The molecule has 0 unspecified atom stereocenters. The molecule has 2 atom stereocenters. The lowest BCUT2D eigenvalue weighted by atomic mass is 9.97. The molecule has 0 aromatic heterocycles. The van der Waals surface area contributed by atoms with Crippen molar-refractivity contribution in [3.8, 4) is 0 Å². The molecule has 3 amide bonds. The van der Waals surface area contributed by atoms with Crippen LogP contribution in [0.1, 0.15) is 31.4 Å². The molecule has 210 valence electrons. The molecule has 0 aliphatic carbocycles. The Balaban J connectivity index is 1.66. The molecule has 3 aromatic carbocycles. The number of piperazine rings is 1. The van der Waals surface area contributed by atoms with Crippen molar-refractivity contribution in [2.24, 2.45) is 5.73 Å². The Morgan fingerprint density at radius 3 is 2.38 bits per heavy atom. The zero-order chi connectivity index (χ0) is 28.9. The van der Waals surface area contributed by atoms with E-state index < -0.39 is 17.6 Å². The number of fused-ring (bicyclic) bond motifs is 1. The number of hydrogen-bond donors (Lipinski definition) is 1. The lowest BCUT2D eigenvalue weighted by Gasteiger charge is -2.42. The molecule has 40 heavy (non-hydrogen) atoms. The van der Waals surface area contributed by atoms with Gasteiger partial charge in [-0.3, -0.25) is 14.4 Å². The number of hydrogen-bond acceptors (Lipinski definition) is 4. The molecule has 2 N–H and O–H groups in total. The number of nitrogens with two attached hydrogens (primary N) is 1. The average Bonchev–Trinajstić information content (AvgIpc) is 2.93. The van der Waals surface area contributed by atoms with Crippen LogP contribution in [0, 0.1) is 0 Å². The molecule has 1 aliphatic rings. The number of nitrogens with zero attached hydrogens (tertiary/aromatic N) is 3. The zero-order valence-corrected chi connectivity index (χ0v) is 23.9. The molecule has 7 heteroatoms. The SMILES string of the molecule is CN1CCN(C(=O)[C@@H](Cc2ccc3ccccc3c2)N(C)C(=O)/C=C/CC(C)(C)N)[C@H](Cc2ccccc2)C1=O. The first kappa shape index (κ1) is 29.0. The van der Waals surface area contributed by atoms with Crippen molar-refractivity contribution < 1.29 is 14.4 Å². The molecule has 3 aromatic rings. The first-order chi connectivity index (χ1) is 19.0. The Labute approximate surface area is 237 Å². The van der Waals surface area contributed by atoms with Gasteiger partial charge in [-0.2, -0.15) is 0 Å². The van der Waals surface area contributed by atoms with E-state index in [9.17, 15) is 14.4 Å². The van der Waals surface area contributed by atoms with Gasteiger partial charge in [-0.05, 0) is 48.2 Å².